The molecule has 3 heterocycles. The second kappa shape index (κ2) is 8.77. The van der Waals surface area contributed by atoms with Crippen LogP contribution >= 0.6 is 0 Å². The molecule has 1 fully saturated rings. The number of anilines is 2. The van der Waals surface area contributed by atoms with E-state index in [-0.39, 0.29) is 5.91 Å². The van der Waals surface area contributed by atoms with Gasteiger partial charge in [-0.3, -0.25) is 4.79 Å². The summed E-state index contributed by atoms with van der Waals surface area (Å²) in [7, 11) is 0. The zero-order valence-corrected chi connectivity index (χ0v) is 16.5. The van der Waals surface area contributed by atoms with Crippen molar-refractivity contribution in [3.8, 4) is 0 Å². The van der Waals surface area contributed by atoms with Crippen LogP contribution in [0.3, 0.4) is 0 Å². The molecule has 4 rings (SSSR count). The fourth-order valence-corrected chi connectivity index (χ4v) is 3.48. The van der Waals surface area contributed by atoms with Crippen LogP contribution in [-0.2, 0) is 6.42 Å². The van der Waals surface area contributed by atoms with Crippen molar-refractivity contribution < 1.29 is 9.21 Å². The van der Waals surface area contributed by atoms with Gasteiger partial charge in [0.05, 0.1) is 6.26 Å². The van der Waals surface area contributed by atoms with Crippen LogP contribution in [0.25, 0.3) is 0 Å². The lowest BCUT2D eigenvalue weighted by Gasteiger charge is -2.35. The highest BCUT2D eigenvalue weighted by atomic mass is 16.3. The highest BCUT2D eigenvalue weighted by Crippen LogP contribution is 2.19. The van der Waals surface area contributed by atoms with E-state index in [4.69, 9.17) is 4.42 Å². The first-order chi connectivity index (χ1) is 14.2. The summed E-state index contributed by atoms with van der Waals surface area (Å²) in [6.45, 7) is 5.45. The molecule has 1 saturated heterocycles. The zero-order valence-electron chi connectivity index (χ0n) is 16.5. The molecule has 1 aromatic carbocycles. The maximum absolute atomic E-state index is 12.4. The zero-order chi connectivity index (χ0) is 20.1. The van der Waals surface area contributed by atoms with E-state index in [0.717, 1.165) is 43.5 Å². The molecule has 0 atom stereocenters. The van der Waals surface area contributed by atoms with Crippen molar-refractivity contribution in [1.29, 1.82) is 0 Å². The summed E-state index contributed by atoms with van der Waals surface area (Å²) in [6, 6.07) is 15.8. The first kappa shape index (κ1) is 19.0. The molecule has 2 aromatic heterocycles. The summed E-state index contributed by atoms with van der Waals surface area (Å²) in [5.41, 5.74) is 1.29. The van der Waals surface area contributed by atoms with Gasteiger partial charge in [0, 0.05) is 38.8 Å². The van der Waals surface area contributed by atoms with Gasteiger partial charge in [0.25, 0.3) is 5.91 Å². The Morgan fingerprint density at radius 3 is 2.59 bits per heavy atom. The third kappa shape index (κ3) is 4.74. The number of benzene rings is 1. The summed E-state index contributed by atoms with van der Waals surface area (Å²) in [4.78, 5) is 25.6. The summed E-state index contributed by atoms with van der Waals surface area (Å²) in [6.07, 6.45) is 2.46. The van der Waals surface area contributed by atoms with E-state index >= 15 is 0 Å². The van der Waals surface area contributed by atoms with Crippen LogP contribution in [0.1, 0.15) is 21.9 Å². The number of carbonyl (C=O) groups is 1. The van der Waals surface area contributed by atoms with Gasteiger partial charge in [0.1, 0.15) is 17.5 Å². The number of amides is 1. The van der Waals surface area contributed by atoms with Crippen molar-refractivity contribution in [2.24, 2.45) is 0 Å². The SMILES string of the molecule is Cc1nc(NCCc2ccccc2)cc(N2CCN(C(=O)c3ccco3)CC2)n1. The van der Waals surface area contributed by atoms with Crippen molar-refractivity contribution in [3.05, 3.63) is 71.9 Å². The summed E-state index contributed by atoms with van der Waals surface area (Å²) < 4.78 is 5.23. The topological polar surface area (TPSA) is 74.5 Å². The molecule has 0 unspecified atom stereocenters. The molecule has 150 valence electrons. The lowest BCUT2D eigenvalue weighted by atomic mass is 10.1. The molecule has 0 aliphatic carbocycles. The Bertz CT molecular complexity index is 935. The summed E-state index contributed by atoms with van der Waals surface area (Å²) in [5.74, 6) is 2.79. The Hall–Kier alpha value is -3.35. The molecule has 1 amide bonds. The fraction of sp³-hybridized carbons (Fsp3) is 0.318. The van der Waals surface area contributed by atoms with Crippen LogP contribution in [-0.4, -0.2) is 53.5 Å². The standard InChI is InChI=1S/C22H25N5O2/c1-17-24-20(23-10-9-18-6-3-2-4-7-18)16-21(25-17)26-11-13-27(14-12-26)22(28)19-8-5-15-29-19/h2-8,15-16H,9-14H2,1H3,(H,23,24,25). The third-order valence-corrected chi connectivity index (χ3v) is 5.01. The van der Waals surface area contributed by atoms with Crippen molar-refractivity contribution in [3.63, 3.8) is 0 Å². The van der Waals surface area contributed by atoms with E-state index in [2.05, 4.69) is 44.5 Å². The minimum absolute atomic E-state index is 0.0585. The van der Waals surface area contributed by atoms with E-state index in [9.17, 15) is 4.79 Å². The Balaban J connectivity index is 1.35. The molecule has 1 aliphatic heterocycles. The quantitative estimate of drug-likeness (QED) is 0.696. The van der Waals surface area contributed by atoms with Crippen LogP contribution in [0.4, 0.5) is 11.6 Å². The second-order valence-electron chi connectivity index (χ2n) is 7.08. The molecule has 1 aliphatic rings. The number of hydrogen-bond acceptors (Lipinski definition) is 6. The number of hydrogen-bond donors (Lipinski definition) is 1. The van der Waals surface area contributed by atoms with E-state index in [0.29, 0.717) is 18.8 Å². The van der Waals surface area contributed by atoms with Gasteiger partial charge in [-0.25, -0.2) is 9.97 Å². The third-order valence-electron chi connectivity index (χ3n) is 5.01. The molecule has 0 bridgehead atoms. The van der Waals surface area contributed by atoms with Gasteiger partial charge in [0.15, 0.2) is 5.76 Å². The van der Waals surface area contributed by atoms with Crippen LogP contribution in [0.15, 0.2) is 59.2 Å². The molecular formula is C22H25N5O2. The van der Waals surface area contributed by atoms with E-state index in [1.165, 1.54) is 11.8 Å². The molecule has 1 N–H and O–H groups in total. The largest absolute Gasteiger partial charge is 0.459 e. The lowest BCUT2D eigenvalue weighted by Crippen LogP contribution is -2.49. The van der Waals surface area contributed by atoms with Crippen molar-refractivity contribution in [1.82, 2.24) is 14.9 Å². The number of nitrogens with one attached hydrogen (secondary N) is 1. The highest BCUT2D eigenvalue weighted by molar-refractivity contribution is 5.91. The van der Waals surface area contributed by atoms with Gasteiger partial charge in [-0.1, -0.05) is 30.3 Å². The van der Waals surface area contributed by atoms with Gasteiger partial charge < -0.3 is 19.5 Å². The summed E-state index contributed by atoms with van der Waals surface area (Å²) >= 11 is 0. The first-order valence-electron chi connectivity index (χ1n) is 9.90. The van der Waals surface area contributed by atoms with E-state index < -0.39 is 0 Å². The number of carbonyl (C=O) groups excluding carboxylic acids is 1. The van der Waals surface area contributed by atoms with Crippen LogP contribution in [0.2, 0.25) is 0 Å². The number of rotatable bonds is 6. The maximum Gasteiger partial charge on any atom is 0.289 e. The molecule has 29 heavy (non-hydrogen) atoms. The number of furan rings is 1. The lowest BCUT2D eigenvalue weighted by molar-refractivity contribution is 0.0714. The van der Waals surface area contributed by atoms with Gasteiger partial charge in [-0.05, 0) is 31.0 Å². The molecule has 3 aromatic rings. The first-order valence-corrected chi connectivity index (χ1v) is 9.90. The van der Waals surface area contributed by atoms with Crippen molar-refractivity contribution in [2.75, 3.05) is 42.9 Å². The van der Waals surface area contributed by atoms with Gasteiger partial charge in [-0.2, -0.15) is 0 Å². The molecule has 7 heteroatoms. The second-order valence-corrected chi connectivity index (χ2v) is 7.08. The van der Waals surface area contributed by atoms with E-state index in [1.54, 1.807) is 12.1 Å². The van der Waals surface area contributed by atoms with Crippen LogP contribution in [0.5, 0.6) is 0 Å². The Kier molecular flexibility index (Phi) is 5.74. The van der Waals surface area contributed by atoms with Crippen LogP contribution < -0.4 is 10.2 Å². The predicted molar refractivity (Wildman–Crippen MR) is 112 cm³/mol. The summed E-state index contributed by atoms with van der Waals surface area (Å²) in [5, 5.41) is 3.40. The fourth-order valence-electron chi connectivity index (χ4n) is 3.48. The minimum Gasteiger partial charge on any atom is -0.459 e. The molecule has 0 saturated carbocycles. The monoisotopic (exact) mass is 391 g/mol. The van der Waals surface area contributed by atoms with E-state index in [1.807, 2.05) is 24.0 Å². The average Bonchev–Trinajstić information content (AvgIpc) is 3.29. The smallest absolute Gasteiger partial charge is 0.289 e. The average molecular weight is 391 g/mol. The number of aromatic nitrogens is 2. The minimum atomic E-state index is -0.0585. The molecule has 7 nitrogen and oxygen atoms in total. The maximum atomic E-state index is 12.4. The molecule has 0 spiro atoms. The Labute approximate surface area is 170 Å². The normalized spacial score (nSPS) is 14.1. The molecular weight excluding hydrogens is 366 g/mol. The van der Waals surface area contributed by atoms with Crippen molar-refractivity contribution >= 4 is 17.5 Å². The Morgan fingerprint density at radius 2 is 1.86 bits per heavy atom. The number of piperazine rings is 1. The van der Waals surface area contributed by atoms with Gasteiger partial charge >= 0.3 is 0 Å². The number of aryl methyl sites for hydroxylation is 1. The highest BCUT2D eigenvalue weighted by Gasteiger charge is 2.24. The Morgan fingerprint density at radius 1 is 1.07 bits per heavy atom. The van der Waals surface area contributed by atoms with Gasteiger partial charge in [-0.15, -0.1) is 0 Å². The van der Waals surface area contributed by atoms with Gasteiger partial charge in [0.2, 0.25) is 0 Å². The van der Waals surface area contributed by atoms with Crippen LogP contribution in [0, 0.1) is 6.92 Å². The molecule has 0 radical (unpaired) electrons. The van der Waals surface area contributed by atoms with Crippen molar-refractivity contribution in [2.45, 2.75) is 13.3 Å². The predicted octanol–water partition coefficient (Wildman–Crippen LogP) is 3.00. The number of nitrogens with zero attached hydrogens (tertiary/aromatic N) is 4.